The van der Waals surface area contributed by atoms with E-state index in [1.54, 1.807) is 91.3 Å². The van der Waals surface area contributed by atoms with E-state index in [1.807, 2.05) is 19.9 Å². The number of thiazole rings is 2. The number of aryl methyl sites for hydroxylation is 2. The van der Waals surface area contributed by atoms with E-state index in [0.29, 0.717) is 61.1 Å². The fraction of sp³-hybridized carbons (Fsp3) is 0.146. The second-order valence-corrected chi connectivity index (χ2v) is 17.1. The maximum Gasteiger partial charge on any atom is 0.325 e. The standard InChI is InChI=1S/C22H21N3O5S2.C19H16BrN3O3S/c1-13-7-8-16(15(11-13)20(28)14-5-3-4-6-17(14)30-2)24-21(29)25-22-23-12-19(32-22)31-10-9-18(26)27;1-11-7-8-14(22-18(25)23-19-21-10-16(20)27-19)13(9-11)17(24)12-5-3-4-6-15(12)26-2/h3-8,11-12H,9-10H2,1-2H3,(H,26,27)(H2,23,24,25,29);3-10H,1-2H3,(H2,21,22,23,25). The Hall–Kier alpha value is -6.08. The van der Waals surface area contributed by atoms with Gasteiger partial charge in [0.1, 0.15) is 11.5 Å². The summed E-state index contributed by atoms with van der Waals surface area (Å²) in [6, 6.07) is 23.3. The molecule has 4 aromatic carbocycles. The molecule has 0 aliphatic rings. The number of para-hydroxylation sites is 2. The third-order valence-corrected chi connectivity index (χ3v) is 11.5. The van der Waals surface area contributed by atoms with E-state index >= 15 is 0 Å². The number of aliphatic carboxylic acids is 1. The van der Waals surface area contributed by atoms with Gasteiger partial charge >= 0.3 is 18.0 Å². The number of halogens is 1. The van der Waals surface area contributed by atoms with E-state index in [9.17, 15) is 24.0 Å². The van der Waals surface area contributed by atoms with Crippen LogP contribution in [-0.2, 0) is 4.79 Å². The topological polar surface area (TPSA) is 198 Å². The molecule has 59 heavy (non-hydrogen) atoms. The number of hydrogen-bond donors (Lipinski definition) is 5. The molecule has 0 aliphatic heterocycles. The zero-order valence-corrected chi connectivity index (χ0v) is 36.0. The number of carboxylic acids is 1. The van der Waals surface area contributed by atoms with Gasteiger partial charge in [-0.1, -0.05) is 70.2 Å². The molecule has 14 nitrogen and oxygen atoms in total. The summed E-state index contributed by atoms with van der Waals surface area (Å²) in [5.41, 5.74) is 4.09. The molecule has 2 heterocycles. The third-order valence-electron chi connectivity index (χ3n) is 8.00. The van der Waals surface area contributed by atoms with Crippen molar-refractivity contribution in [2.45, 2.75) is 24.5 Å². The van der Waals surface area contributed by atoms with Crippen molar-refractivity contribution in [1.29, 1.82) is 0 Å². The average molecular weight is 918 g/mol. The Bertz CT molecular complexity index is 2490. The molecular formula is C41H37BrN6O8S3. The Kier molecular flexibility index (Phi) is 15.7. The van der Waals surface area contributed by atoms with Gasteiger partial charge in [0.15, 0.2) is 21.8 Å². The Morgan fingerprint density at radius 3 is 1.59 bits per heavy atom. The predicted molar refractivity (Wildman–Crippen MR) is 235 cm³/mol. The van der Waals surface area contributed by atoms with Crippen LogP contribution in [0, 0.1) is 13.8 Å². The first kappa shape index (κ1) is 44.0. The first-order valence-electron chi connectivity index (χ1n) is 17.5. The Balaban J connectivity index is 0.000000227. The lowest BCUT2D eigenvalue weighted by molar-refractivity contribution is -0.136. The van der Waals surface area contributed by atoms with Gasteiger partial charge in [-0.2, -0.15) is 0 Å². The molecule has 304 valence electrons. The van der Waals surface area contributed by atoms with Crippen LogP contribution in [0.1, 0.15) is 49.4 Å². The van der Waals surface area contributed by atoms with Crippen molar-refractivity contribution in [1.82, 2.24) is 9.97 Å². The highest BCUT2D eigenvalue weighted by Crippen LogP contribution is 2.31. The summed E-state index contributed by atoms with van der Waals surface area (Å²) in [6.07, 6.45) is 3.22. The molecule has 2 aromatic heterocycles. The summed E-state index contributed by atoms with van der Waals surface area (Å²) < 4.78 is 12.2. The van der Waals surface area contributed by atoms with Crippen molar-refractivity contribution < 1.29 is 38.6 Å². The molecule has 0 spiro atoms. The van der Waals surface area contributed by atoms with Gasteiger partial charge in [0, 0.05) is 16.9 Å². The van der Waals surface area contributed by atoms with Crippen molar-refractivity contribution in [3.63, 3.8) is 0 Å². The highest BCUT2D eigenvalue weighted by molar-refractivity contribution is 9.11. The fourth-order valence-corrected chi connectivity index (χ4v) is 8.28. The first-order chi connectivity index (χ1) is 28.3. The van der Waals surface area contributed by atoms with Gasteiger partial charge in [0.25, 0.3) is 0 Å². The maximum absolute atomic E-state index is 13.2. The van der Waals surface area contributed by atoms with Gasteiger partial charge < -0.3 is 25.2 Å². The van der Waals surface area contributed by atoms with E-state index in [1.165, 1.54) is 48.7 Å². The minimum atomic E-state index is -0.865. The van der Waals surface area contributed by atoms with Crippen LogP contribution in [0.25, 0.3) is 0 Å². The smallest absolute Gasteiger partial charge is 0.325 e. The molecule has 6 aromatic rings. The number of nitrogens with zero attached hydrogens (tertiary/aromatic N) is 2. The molecule has 0 radical (unpaired) electrons. The predicted octanol–water partition coefficient (Wildman–Crippen LogP) is 10.00. The number of carboxylic acid groups (broad SMARTS) is 1. The molecule has 0 saturated heterocycles. The van der Waals surface area contributed by atoms with Gasteiger partial charge in [0.05, 0.1) is 63.5 Å². The number of carbonyl (C=O) groups excluding carboxylic acids is 4. The molecule has 0 fully saturated rings. The highest BCUT2D eigenvalue weighted by Gasteiger charge is 2.21. The van der Waals surface area contributed by atoms with E-state index in [0.717, 1.165) is 19.1 Å². The molecule has 4 amide bonds. The summed E-state index contributed by atoms with van der Waals surface area (Å²) in [4.78, 5) is 69.9. The number of ketones is 2. The van der Waals surface area contributed by atoms with Crippen LogP contribution >= 0.6 is 50.4 Å². The summed E-state index contributed by atoms with van der Waals surface area (Å²) in [5, 5.41) is 20.3. The van der Waals surface area contributed by atoms with Crippen molar-refractivity contribution in [3.05, 3.63) is 134 Å². The lowest BCUT2D eigenvalue weighted by Gasteiger charge is -2.13. The minimum absolute atomic E-state index is 0.0439. The summed E-state index contributed by atoms with van der Waals surface area (Å²) in [5.74, 6) is -0.0225. The molecular weight excluding hydrogens is 881 g/mol. The van der Waals surface area contributed by atoms with E-state index in [-0.39, 0.29) is 18.0 Å². The molecule has 0 atom stereocenters. The van der Waals surface area contributed by atoms with Crippen LogP contribution in [0.4, 0.5) is 31.2 Å². The molecule has 5 N–H and O–H groups in total. The van der Waals surface area contributed by atoms with Crippen molar-refractivity contribution >= 4 is 102 Å². The lowest BCUT2D eigenvalue weighted by Crippen LogP contribution is -2.21. The summed E-state index contributed by atoms with van der Waals surface area (Å²) in [6.45, 7) is 3.75. The number of thioether (sulfide) groups is 1. The molecule has 0 unspecified atom stereocenters. The molecule has 0 aliphatic carbocycles. The number of rotatable bonds is 14. The van der Waals surface area contributed by atoms with Crippen LogP contribution in [0.15, 0.2) is 105 Å². The van der Waals surface area contributed by atoms with Gasteiger partial charge in [-0.15, -0.1) is 11.8 Å². The maximum atomic E-state index is 13.2. The summed E-state index contributed by atoms with van der Waals surface area (Å²) in [7, 11) is 3.01. The van der Waals surface area contributed by atoms with Gasteiger partial charge in [-0.05, 0) is 78.3 Å². The van der Waals surface area contributed by atoms with E-state index in [2.05, 4.69) is 47.2 Å². The molecule has 18 heteroatoms. The van der Waals surface area contributed by atoms with Crippen LogP contribution in [-0.4, -0.2) is 64.6 Å². The number of urea groups is 2. The second kappa shape index (κ2) is 21.1. The zero-order chi connectivity index (χ0) is 42.5. The zero-order valence-electron chi connectivity index (χ0n) is 32.0. The average Bonchev–Trinajstić information content (AvgIpc) is 3.85. The van der Waals surface area contributed by atoms with Crippen LogP contribution in [0.3, 0.4) is 0 Å². The van der Waals surface area contributed by atoms with Crippen LogP contribution < -0.4 is 30.7 Å². The minimum Gasteiger partial charge on any atom is -0.496 e. The third kappa shape index (κ3) is 12.5. The van der Waals surface area contributed by atoms with E-state index in [4.69, 9.17) is 14.6 Å². The number of hydrogen-bond acceptors (Lipinski definition) is 12. The molecule has 0 bridgehead atoms. The normalized spacial score (nSPS) is 10.4. The van der Waals surface area contributed by atoms with E-state index < -0.39 is 18.0 Å². The van der Waals surface area contributed by atoms with Gasteiger partial charge in [-0.25, -0.2) is 19.6 Å². The highest BCUT2D eigenvalue weighted by atomic mass is 79.9. The second-order valence-electron chi connectivity index (χ2n) is 12.3. The Morgan fingerprint density at radius 1 is 0.661 bits per heavy atom. The molecule has 6 rings (SSSR count). The number of anilines is 4. The first-order valence-corrected chi connectivity index (χ1v) is 20.9. The number of aromatic nitrogens is 2. The van der Waals surface area contributed by atoms with Crippen molar-refractivity contribution in [2.24, 2.45) is 0 Å². The summed E-state index contributed by atoms with van der Waals surface area (Å²) >= 11 is 7.18. The number of benzene rings is 4. The Labute approximate surface area is 359 Å². The largest absolute Gasteiger partial charge is 0.496 e. The fourth-order valence-electron chi connectivity index (χ4n) is 5.30. The van der Waals surface area contributed by atoms with Crippen LogP contribution in [0.5, 0.6) is 11.5 Å². The van der Waals surface area contributed by atoms with Gasteiger partial charge in [-0.3, -0.25) is 25.0 Å². The number of amides is 4. The van der Waals surface area contributed by atoms with Gasteiger partial charge in [0.2, 0.25) is 0 Å². The number of methoxy groups -OCH3 is 2. The molecule has 0 saturated carbocycles. The SMILES string of the molecule is COc1ccccc1C(=O)c1cc(C)ccc1NC(=O)Nc1ncc(Br)s1.COc1ccccc1C(=O)c1cc(C)ccc1NC(=O)Nc1ncc(SCCC(=O)O)s1. The number of nitrogens with one attached hydrogen (secondary N) is 4. The lowest BCUT2D eigenvalue weighted by atomic mass is 9.99. The van der Waals surface area contributed by atoms with Crippen molar-refractivity contribution in [3.8, 4) is 11.5 Å². The quantitative estimate of drug-likeness (QED) is 0.0515. The van der Waals surface area contributed by atoms with Crippen molar-refractivity contribution in [2.75, 3.05) is 41.2 Å². The Morgan fingerprint density at radius 2 is 1.14 bits per heavy atom. The number of ether oxygens (including phenoxy) is 2. The number of carbonyl (C=O) groups is 5. The van der Waals surface area contributed by atoms with Crippen LogP contribution in [0.2, 0.25) is 0 Å². The monoisotopic (exact) mass is 916 g/mol.